The molecule has 0 aliphatic rings. The van der Waals surface area contributed by atoms with Gasteiger partial charge in [0.2, 0.25) is 0 Å². The molecule has 0 amide bonds. The topological polar surface area (TPSA) is 12.0 Å². The predicted octanol–water partition coefficient (Wildman–Crippen LogP) is 2.76. The Morgan fingerprint density at radius 3 is 2.82 bits per heavy atom. The van der Waals surface area contributed by atoms with Crippen molar-refractivity contribution in [2.24, 2.45) is 0 Å². The van der Waals surface area contributed by atoms with Crippen LogP contribution in [0.5, 0.6) is 0 Å². The van der Waals surface area contributed by atoms with Gasteiger partial charge in [-0.2, -0.15) is 0 Å². The van der Waals surface area contributed by atoms with Crippen LogP contribution in [0.3, 0.4) is 0 Å². The fourth-order valence-corrected chi connectivity index (χ4v) is 0.990. The predicted molar refractivity (Wildman–Crippen MR) is 50.7 cm³/mol. The van der Waals surface area contributed by atoms with Gasteiger partial charge in [0.15, 0.2) is 0 Å². The van der Waals surface area contributed by atoms with E-state index < -0.39 is 0 Å². The highest BCUT2D eigenvalue weighted by molar-refractivity contribution is 5.56. The second-order valence-electron chi connectivity index (χ2n) is 2.38. The molecule has 0 radical (unpaired) electrons. The molecule has 0 unspecified atom stereocenters. The largest absolute Gasteiger partial charge is 0.388 e. The van der Waals surface area contributed by atoms with Gasteiger partial charge in [0.05, 0.1) is 0 Å². The van der Waals surface area contributed by atoms with Gasteiger partial charge in [0.1, 0.15) is 0 Å². The second-order valence-corrected chi connectivity index (χ2v) is 2.38. The Morgan fingerprint density at radius 2 is 2.18 bits per heavy atom. The van der Waals surface area contributed by atoms with Crippen molar-refractivity contribution in [3.05, 3.63) is 35.9 Å². The van der Waals surface area contributed by atoms with Gasteiger partial charge in [0, 0.05) is 12.7 Å². The molecule has 0 saturated carbocycles. The highest BCUT2D eigenvalue weighted by Gasteiger charge is 1.87. The maximum atomic E-state index is 3.09. The van der Waals surface area contributed by atoms with Crippen molar-refractivity contribution in [3.63, 3.8) is 0 Å². The number of rotatable bonds is 2. The van der Waals surface area contributed by atoms with E-state index in [1.54, 1.807) is 0 Å². The number of benzene rings is 1. The van der Waals surface area contributed by atoms with Crippen molar-refractivity contribution < 1.29 is 0 Å². The molecule has 1 nitrogen and oxygen atoms in total. The minimum Gasteiger partial charge on any atom is -0.388 e. The first-order valence-electron chi connectivity index (χ1n) is 3.77. The van der Waals surface area contributed by atoms with E-state index in [4.69, 9.17) is 0 Å². The van der Waals surface area contributed by atoms with E-state index in [0.717, 1.165) is 5.69 Å². The normalized spacial score (nSPS) is 10.4. The molecule has 0 saturated heterocycles. The van der Waals surface area contributed by atoms with Crippen LogP contribution in [0.2, 0.25) is 0 Å². The molecular formula is C10H13N. The summed E-state index contributed by atoms with van der Waals surface area (Å²) in [6.07, 6.45) is 4.12. The molecule has 1 aromatic rings. The van der Waals surface area contributed by atoms with Crippen molar-refractivity contribution >= 4 is 11.8 Å². The molecule has 0 aliphatic carbocycles. The molecule has 0 heterocycles. The van der Waals surface area contributed by atoms with Crippen LogP contribution in [0.15, 0.2) is 30.3 Å². The molecule has 1 rings (SSSR count). The van der Waals surface area contributed by atoms with E-state index in [1.807, 2.05) is 32.2 Å². The average Bonchev–Trinajstić information content (AvgIpc) is 2.06. The average molecular weight is 147 g/mol. The van der Waals surface area contributed by atoms with Crippen LogP contribution in [0, 0.1) is 0 Å². The highest BCUT2D eigenvalue weighted by atomic mass is 14.8. The Labute approximate surface area is 67.8 Å². The lowest BCUT2D eigenvalue weighted by Gasteiger charge is -1.99. The molecule has 58 valence electrons. The van der Waals surface area contributed by atoms with Crippen molar-refractivity contribution in [1.82, 2.24) is 0 Å². The van der Waals surface area contributed by atoms with Crippen molar-refractivity contribution in [1.29, 1.82) is 0 Å². The molecule has 0 spiro atoms. The van der Waals surface area contributed by atoms with Crippen molar-refractivity contribution in [2.75, 3.05) is 12.4 Å². The van der Waals surface area contributed by atoms with Crippen LogP contribution < -0.4 is 5.32 Å². The maximum absolute atomic E-state index is 3.09. The molecule has 0 aromatic heterocycles. The molecule has 1 N–H and O–H groups in total. The summed E-state index contributed by atoms with van der Waals surface area (Å²) in [4.78, 5) is 0. The lowest BCUT2D eigenvalue weighted by Crippen LogP contribution is -1.86. The number of nitrogens with one attached hydrogen (secondary N) is 1. The first kappa shape index (κ1) is 7.86. The summed E-state index contributed by atoms with van der Waals surface area (Å²) in [5, 5.41) is 3.09. The zero-order chi connectivity index (χ0) is 8.10. The van der Waals surface area contributed by atoms with Gasteiger partial charge in [-0.25, -0.2) is 0 Å². The van der Waals surface area contributed by atoms with Gasteiger partial charge in [-0.3, -0.25) is 0 Å². The summed E-state index contributed by atoms with van der Waals surface area (Å²) in [5.74, 6) is 0. The summed E-state index contributed by atoms with van der Waals surface area (Å²) >= 11 is 0. The summed E-state index contributed by atoms with van der Waals surface area (Å²) in [6, 6.07) is 8.29. The van der Waals surface area contributed by atoms with E-state index in [1.165, 1.54) is 5.56 Å². The Kier molecular flexibility index (Phi) is 2.73. The standard InChI is InChI=1S/C10H13N/c1-3-5-9-6-4-7-10(8-9)11-2/h3-8,11H,1-2H3/b5-3-. The molecule has 11 heavy (non-hydrogen) atoms. The number of hydrogen-bond acceptors (Lipinski definition) is 1. The summed E-state index contributed by atoms with van der Waals surface area (Å²) < 4.78 is 0. The molecular weight excluding hydrogens is 134 g/mol. The molecule has 1 heteroatoms. The molecule has 0 fully saturated rings. The Hall–Kier alpha value is -1.24. The van der Waals surface area contributed by atoms with Crippen LogP contribution in [-0.4, -0.2) is 7.05 Å². The molecule has 0 atom stereocenters. The molecule has 0 aliphatic heterocycles. The number of anilines is 1. The Balaban J connectivity index is 2.91. The molecule has 0 bridgehead atoms. The van der Waals surface area contributed by atoms with E-state index >= 15 is 0 Å². The van der Waals surface area contributed by atoms with Crippen LogP contribution in [0.25, 0.3) is 6.08 Å². The highest BCUT2D eigenvalue weighted by Crippen LogP contribution is 2.10. The Bertz CT molecular complexity index is 251. The fourth-order valence-electron chi connectivity index (χ4n) is 0.990. The first-order valence-corrected chi connectivity index (χ1v) is 3.77. The van der Waals surface area contributed by atoms with Gasteiger partial charge in [0.25, 0.3) is 0 Å². The zero-order valence-electron chi connectivity index (χ0n) is 6.96. The lowest BCUT2D eigenvalue weighted by molar-refractivity contribution is 1.50. The SMILES string of the molecule is C/C=C\c1cccc(NC)c1. The van der Waals surface area contributed by atoms with Gasteiger partial charge in [-0.15, -0.1) is 0 Å². The smallest absolute Gasteiger partial charge is 0.0343 e. The third kappa shape index (κ3) is 2.11. The third-order valence-electron chi connectivity index (χ3n) is 1.53. The van der Waals surface area contributed by atoms with Crippen LogP contribution in [0.1, 0.15) is 12.5 Å². The van der Waals surface area contributed by atoms with Gasteiger partial charge < -0.3 is 5.32 Å². The summed E-state index contributed by atoms with van der Waals surface area (Å²) in [6.45, 7) is 2.02. The Morgan fingerprint density at radius 1 is 1.36 bits per heavy atom. The van der Waals surface area contributed by atoms with E-state index in [-0.39, 0.29) is 0 Å². The van der Waals surface area contributed by atoms with Gasteiger partial charge in [-0.05, 0) is 24.6 Å². The lowest BCUT2D eigenvalue weighted by atomic mass is 10.2. The quantitative estimate of drug-likeness (QED) is 0.678. The molecule has 1 aromatic carbocycles. The minimum atomic E-state index is 1.15. The minimum absolute atomic E-state index is 1.15. The monoisotopic (exact) mass is 147 g/mol. The zero-order valence-corrected chi connectivity index (χ0v) is 6.96. The van der Waals surface area contributed by atoms with Crippen LogP contribution in [0.4, 0.5) is 5.69 Å². The third-order valence-corrected chi connectivity index (χ3v) is 1.53. The van der Waals surface area contributed by atoms with E-state index in [0.29, 0.717) is 0 Å². The van der Waals surface area contributed by atoms with Crippen molar-refractivity contribution in [2.45, 2.75) is 6.92 Å². The fraction of sp³-hybridized carbons (Fsp3) is 0.200. The van der Waals surface area contributed by atoms with Gasteiger partial charge >= 0.3 is 0 Å². The van der Waals surface area contributed by atoms with Crippen LogP contribution >= 0.6 is 0 Å². The second kappa shape index (κ2) is 3.81. The van der Waals surface area contributed by atoms with E-state index in [9.17, 15) is 0 Å². The maximum Gasteiger partial charge on any atom is 0.0343 e. The summed E-state index contributed by atoms with van der Waals surface area (Å²) in [5.41, 5.74) is 2.39. The number of hydrogen-bond donors (Lipinski definition) is 1. The number of allylic oxidation sites excluding steroid dienone is 1. The summed E-state index contributed by atoms with van der Waals surface area (Å²) in [7, 11) is 1.93. The van der Waals surface area contributed by atoms with Crippen LogP contribution in [-0.2, 0) is 0 Å². The van der Waals surface area contributed by atoms with Gasteiger partial charge in [-0.1, -0.05) is 24.3 Å². The van der Waals surface area contributed by atoms with Crippen molar-refractivity contribution in [3.8, 4) is 0 Å². The first-order chi connectivity index (χ1) is 5.36. The van der Waals surface area contributed by atoms with E-state index in [2.05, 4.69) is 23.5 Å².